The molecule has 1 N–H and O–H groups in total. The van der Waals surface area contributed by atoms with Gasteiger partial charge in [0.25, 0.3) is 5.91 Å². The molecule has 0 heterocycles. The number of hydrogen-bond acceptors (Lipinski definition) is 4. The van der Waals surface area contributed by atoms with Gasteiger partial charge in [-0.3, -0.25) is 4.79 Å². The van der Waals surface area contributed by atoms with Crippen molar-refractivity contribution in [2.24, 2.45) is 0 Å². The highest BCUT2D eigenvalue weighted by molar-refractivity contribution is 7.98. The summed E-state index contributed by atoms with van der Waals surface area (Å²) in [5.74, 6) is 1.34. The number of carbonyl (C=O) groups excluding carboxylic acids is 1. The number of anilines is 1. The molecule has 0 saturated heterocycles. The summed E-state index contributed by atoms with van der Waals surface area (Å²) < 4.78 is 11.8. The number of thioether (sulfide) groups is 1. The van der Waals surface area contributed by atoms with E-state index < -0.39 is 0 Å². The lowest BCUT2D eigenvalue weighted by Crippen LogP contribution is -2.13. The van der Waals surface area contributed by atoms with Gasteiger partial charge in [0.05, 0.1) is 6.61 Å². The van der Waals surface area contributed by atoms with Crippen LogP contribution in [0.4, 0.5) is 5.69 Å². The predicted molar refractivity (Wildman–Crippen MR) is 133 cm³/mol. The summed E-state index contributed by atoms with van der Waals surface area (Å²) in [5.41, 5.74) is 3.51. The van der Waals surface area contributed by atoms with E-state index in [2.05, 4.69) is 38.2 Å². The molecular formula is C27H31NO3S. The normalized spacial score (nSPS) is 11.2. The molecule has 0 saturated carbocycles. The lowest BCUT2D eigenvalue weighted by atomic mass is 9.87. The van der Waals surface area contributed by atoms with E-state index in [9.17, 15) is 4.79 Å². The average molecular weight is 450 g/mol. The van der Waals surface area contributed by atoms with Gasteiger partial charge >= 0.3 is 0 Å². The van der Waals surface area contributed by atoms with Crippen LogP contribution in [0.1, 0.15) is 49.2 Å². The van der Waals surface area contributed by atoms with Crippen LogP contribution in [0.15, 0.2) is 71.6 Å². The molecule has 168 valence electrons. The molecule has 0 aliphatic rings. The van der Waals surface area contributed by atoms with Crippen LogP contribution in [0.3, 0.4) is 0 Å². The number of rotatable bonds is 8. The molecule has 0 aliphatic carbocycles. The van der Waals surface area contributed by atoms with E-state index in [0.717, 1.165) is 27.6 Å². The minimum atomic E-state index is -0.165. The van der Waals surface area contributed by atoms with E-state index in [-0.39, 0.29) is 11.3 Å². The van der Waals surface area contributed by atoms with Crippen molar-refractivity contribution in [2.75, 3.05) is 18.2 Å². The molecule has 0 aliphatic heterocycles. The quantitative estimate of drug-likeness (QED) is 0.379. The molecule has 0 bridgehead atoms. The summed E-state index contributed by atoms with van der Waals surface area (Å²) in [7, 11) is 0. The minimum absolute atomic E-state index is 0.0949. The predicted octanol–water partition coefficient (Wildman–Crippen LogP) is 6.94. The second-order valence-corrected chi connectivity index (χ2v) is 9.38. The van der Waals surface area contributed by atoms with Gasteiger partial charge < -0.3 is 14.8 Å². The molecule has 0 unspecified atom stereocenters. The summed E-state index contributed by atoms with van der Waals surface area (Å²) in [4.78, 5) is 13.9. The van der Waals surface area contributed by atoms with Gasteiger partial charge in [-0.15, -0.1) is 11.8 Å². The van der Waals surface area contributed by atoms with Gasteiger partial charge in [0.1, 0.15) is 18.1 Å². The van der Waals surface area contributed by atoms with Gasteiger partial charge in [-0.25, -0.2) is 0 Å². The molecule has 0 atom stereocenters. The Morgan fingerprint density at radius 2 is 1.72 bits per heavy atom. The summed E-state index contributed by atoms with van der Waals surface area (Å²) >= 11 is 1.64. The average Bonchev–Trinajstić information content (AvgIpc) is 2.78. The fourth-order valence-corrected chi connectivity index (χ4v) is 3.71. The summed E-state index contributed by atoms with van der Waals surface area (Å²) in [5, 5.41) is 2.97. The smallest absolute Gasteiger partial charge is 0.255 e. The van der Waals surface area contributed by atoms with E-state index in [4.69, 9.17) is 9.47 Å². The van der Waals surface area contributed by atoms with E-state index in [1.54, 1.807) is 17.8 Å². The summed E-state index contributed by atoms with van der Waals surface area (Å²) in [6, 6.07) is 21.4. The third-order valence-electron chi connectivity index (χ3n) is 5.06. The molecule has 1 amide bonds. The number of benzene rings is 3. The zero-order chi connectivity index (χ0) is 23.1. The Kier molecular flexibility index (Phi) is 7.86. The lowest BCUT2D eigenvalue weighted by Gasteiger charge is -2.19. The van der Waals surface area contributed by atoms with Crippen molar-refractivity contribution in [1.82, 2.24) is 0 Å². The highest BCUT2D eigenvalue weighted by Crippen LogP contribution is 2.27. The Labute approximate surface area is 195 Å². The Morgan fingerprint density at radius 3 is 2.38 bits per heavy atom. The van der Waals surface area contributed by atoms with E-state index >= 15 is 0 Å². The van der Waals surface area contributed by atoms with Crippen LogP contribution in [-0.4, -0.2) is 18.8 Å². The second kappa shape index (κ2) is 10.6. The molecule has 0 fully saturated rings. The van der Waals surface area contributed by atoms with E-state index in [1.165, 1.54) is 5.56 Å². The first-order valence-corrected chi connectivity index (χ1v) is 12.0. The largest absolute Gasteiger partial charge is 0.493 e. The summed E-state index contributed by atoms with van der Waals surface area (Å²) in [6.07, 6.45) is 2.01. The molecule has 5 heteroatoms. The zero-order valence-electron chi connectivity index (χ0n) is 19.4. The maximum atomic E-state index is 12.8. The Balaban J connectivity index is 1.75. The Hall–Kier alpha value is -2.92. The number of amides is 1. The van der Waals surface area contributed by atoms with Crippen molar-refractivity contribution >= 4 is 23.4 Å². The molecule has 32 heavy (non-hydrogen) atoms. The molecule has 3 aromatic carbocycles. The SMILES string of the molecule is CCOc1ccc(C(=O)Nc2cccc(SC)c2)cc1COc1ccc(C(C)(C)C)cc1. The second-order valence-electron chi connectivity index (χ2n) is 8.50. The molecule has 0 radical (unpaired) electrons. The van der Waals surface area contributed by atoms with Gasteiger partial charge in [0.15, 0.2) is 0 Å². The topological polar surface area (TPSA) is 47.6 Å². The van der Waals surface area contributed by atoms with Gasteiger partial charge in [-0.05, 0) is 72.7 Å². The van der Waals surface area contributed by atoms with Gasteiger partial charge in [-0.1, -0.05) is 39.0 Å². The highest BCUT2D eigenvalue weighted by Gasteiger charge is 2.14. The Morgan fingerprint density at radius 1 is 0.969 bits per heavy atom. The van der Waals surface area contributed by atoms with Gasteiger partial charge in [0.2, 0.25) is 0 Å². The van der Waals surface area contributed by atoms with Crippen LogP contribution in [0, 0.1) is 0 Å². The van der Waals surface area contributed by atoms with E-state index in [0.29, 0.717) is 18.8 Å². The first kappa shape index (κ1) is 23.7. The van der Waals surface area contributed by atoms with Crippen LogP contribution < -0.4 is 14.8 Å². The summed E-state index contributed by atoms with van der Waals surface area (Å²) in [6.45, 7) is 9.35. The maximum absolute atomic E-state index is 12.8. The van der Waals surface area contributed by atoms with Crippen molar-refractivity contribution < 1.29 is 14.3 Å². The van der Waals surface area contributed by atoms with Crippen LogP contribution in [-0.2, 0) is 12.0 Å². The van der Waals surface area contributed by atoms with Crippen molar-refractivity contribution in [3.8, 4) is 11.5 Å². The van der Waals surface area contributed by atoms with Crippen molar-refractivity contribution in [2.45, 2.75) is 44.6 Å². The fraction of sp³-hybridized carbons (Fsp3) is 0.296. The van der Waals surface area contributed by atoms with E-state index in [1.807, 2.05) is 61.7 Å². The van der Waals surface area contributed by atoms with Gasteiger partial charge in [-0.2, -0.15) is 0 Å². The minimum Gasteiger partial charge on any atom is -0.493 e. The molecule has 4 nitrogen and oxygen atoms in total. The highest BCUT2D eigenvalue weighted by atomic mass is 32.2. The van der Waals surface area contributed by atoms with Crippen LogP contribution in [0.2, 0.25) is 0 Å². The Bertz CT molecular complexity index is 1060. The maximum Gasteiger partial charge on any atom is 0.255 e. The van der Waals surface area contributed by atoms with Gasteiger partial charge in [0, 0.05) is 21.7 Å². The fourth-order valence-electron chi connectivity index (χ4n) is 3.25. The zero-order valence-corrected chi connectivity index (χ0v) is 20.2. The lowest BCUT2D eigenvalue weighted by molar-refractivity contribution is 0.102. The number of ether oxygens (including phenoxy) is 2. The number of carbonyl (C=O) groups is 1. The molecule has 0 spiro atoms. The van der Waals surface area contributed by atoms with Crippen LogP contribution in [0.25, 0.3) is 0 Å². The first-order valence-electron chi connectivity index (χ1n) is 10.7. The van der Waals surface area contributed by atoms with Crippen molar-refractivity contribution in [3.63, 3.8) is 0 Å². The third-order valence-corrected chi connectivity index (χ3v) is 5.79. The number of hydrogen-bond donors (Lipinski definition) is 1. The first-order chi connectivity index (χ1) is 15.3. The monoisotopic (exact) mass is 449 g/mol. The molecule has 0 aromatic heterocycles. The van der Waals surface area contributed by atoms with Crippen molar-refractivity contribution in [1.29, 1.82) is 0 Å². The molecule has 3 aromatic rings. The van der Waals surface area contributed by atoms with Crippen molar-refractivity contribution in [3.05, 3.63) is 83.4 Å². The third kappa shape index (κ3) is 6.30. The van der Waals surface area contributed by atoms with Crippen LogP contribution >= 0.6 is 11.8 Å². The standard InChI is InChI=1S/C27H31NO3S/c1-6-30-25-15-10-19(26(29)28-22-8-7-9-24(17-22)32-5)16-20(25)18-31-23-13-11-21(12-14-23)27(2,3)4/h7-17H,6,18H2,1-5H3,(H,28,29). The number of nitrogens with one attached hydrogen (secondary N) is 1. The van der Waals surface area contributed by atoms with Crippen LogP contribution in [0.5, 0.6) is 11.5 Å². The molecule has 3 rings (SSSR count). The molecular weight excluding hydrogens is 418 g/mol.